The zero-order valence-corrected chi connectivity index (χ0v) is 16.6. The van der Waals surface area contributed by atoms with E-state index in [1.807, 2.05) is 30.3 Å². The highest BCUT2D eigenvalue weighted by atomic mass is 16.5. The summed E-state index contributed by atoms with van der Waals surface area (Å²) >= 11 is 0. The lowest BCUT2D eigenvalue weighted by Gasteiger charge is -2.21. The predicted molar refractivity (Wildman–Crippen MR) is 112 cm³/mol. The predicted octanol–water partition coefficient (Wildman–Crippen LogP) is 5.22. The number of rotatable bonds is 8. The summed E-state index contributed by atoms with van der Waals surface area (Å²) in [6.45, 7) is 2.97. The van der Waals surface area contributed by atoms with Gasteiger partial charge in [-0.3, -0.25) is 0 Å². The van der Waals surface area contributed by atoms with Gasteiger partial charge < -0.3 is 14.4 Å². The van der Waals surface area contributed by atoms with Gasteiger partial charge in [0.2, 0.25) is 0 Å². The summed E-state index contributed by atoms with van der Waals surface area (Å²) in [6.07, 6.45) is 5.28. The largest absolute Gasteiger partial charge is 0.389 e. The highest BCUT2D eigenvalue weighted by molar-refractivity contribution is 5.76. The number of aromatic nitrogens is 2. The molecule has 1 saturated carbocycles. The molecule has 2 atom stereocenters. The summed E-state index contributed by atoms with van der Waals surface area (Å²) in [4.78, 5) is 4.92. The minimum absolute atomic E-state index is 0.0182. The minimum atomic E-state index is -0.560. The van der Waals surface area contributed by atoms with E-state index in [-0.39, 0.29) is 6.10 Å². The Hall–Kier alpha value is -2.17. The second-order valence-corrected chi connectivity index (χ2v) is 7.85. The fourth-order valence-corrected chi connectivity index (χ4v) is 4.39. The van der Waals surface area contributed by atoms with E-state index in [9.17, 15) is 5.11 Å². The maximum Gasteiger partial charge on any atom is 0.113 e. The van der Waals surface area contributed by atoms with Crippen molar-refractivity contribution in [1.82, 2.24) is 9.55 Å². The van der Waals surface area contributed by atoms with Crippen molar-refractivity contribution >= 4 is 11.0 Å². The Kier molecular flexibility index (Phi) is 6.08. The lowest BCUT2D eigenvalue weighted by molar-refractivity contribution is -0.0175. The molecule has 0 aliphatic heterocycles. The fraction of sp³-hybridized carbons (Fsp3) is 0.458. The molecular weight excluding hydrogens is 348 g/mol. The number of hydrogen-bond donors (Lipinski definition) is 1. The molecule has 28 heavy (non-hydrogen) atoms. The number of para-hydroxylation sites is 2. The molecule has 3 aromatic rings. The van der Waals surface area contributed by atoms with Crippen molar-refractivity contribution in [2.75, 3.05) is 6.61 Å². The molecule has 1 aliphatic rings. The molecule has 1 fully saturated rings. The van der Waals surface area contributed by atoms with Gasteiger partial charge in [0.15, 0.2) is 0 Å². The molecule has 2 aromatic carbocycles. The average Bonchev–Trinajstić information content (AvgIpc) is 3.38. The van der Waals surface area contributed by atoms with Crippen molar-refractivity contribution in [3.05, 3.63) is 66.0 Å². The molecule has 1 aliphatic carbocycles. The number of benzene rings is 2. The number of aliphatic hydroxyl groups excluding tert-OH is 1. The first kappa shape index (κ1) is 19.2. The molecule has 1 heterocycles. The molecule has 4 heteroatoms. The lowest BCUT2D eigenvalue weighted by Crippen LogP contribution is -2.24. The smallest absolute Gasteiger partial charge is 0.113 e. The van der Waals surface area contributed by atoms with Crippen molar-refractivity contribution in [3.63, 3.8) is 0 Å². The van der Waals surface area contributed by atoms with Crippen LogP contribution in [-0.2, 0) is 11.3 Å². The van der Waals surface area contributed by atoms with Gasteiger partial charge in [-0.1, -0.05) is 62.2 Å². The number of imidazole rings is 1. The van der Waals surface area contributed by atoms with E-state index in [0.29, 0.717) is 19.1 Å². The average molecular weight is 379 g/mol. The van der Waals surface area contributed by atoms with E-state index < -0.39 is 6.10 Å². The summed E-state index contributed by atoms with van der Waals surface area (Å²) in [7, 11) is 0. The van der Waals surface area contributed by atoms with E-state index in [0.717, 1.165) is 28.8 Å². The van der Waals surface area contributed by atoms with E-state index in [2.05, 4.69) is 35.8 Å². The van der Waals surface area contributed by atoms with E-state index in [1.165, 1.54) is 25.7 Å². The molecule has 2 unspecified atom stereocenters. The second-order valence-electron chi connectivity index (χ2n) is 7.85. The second kappa shape index (κ2) is 8.89. The molecule has 148 valence electrons. The molecule has 4 nitrogen and oxygen atoms in total. The van der Waals surface area contributed by atoms with Crippen LogP contribution in [0.5, 0.6) is 0 Å². The van der Waals surface area contributed by atoms with Crippen LogP contribution in [0.25, 0.3) is 11.0 Å². The zero-order chi connectivity index (χ0) is 19.3. The molecule has 0 saturated heterocycles. The highest BCUT2D eigenvalue weighted by Gasteiger charge is 2.25. The Balaban J connectivity index is 1.48. The maximum absolute atomic E-state index is 10.8. The van der Waals surface area contributed by atoms with Crippen LogP contribution in [0.15, 0.2) is 54.6 Å². The molecular formula is C24H30N2O2. The Bertz CT molecular complexity index is 884. The Labute approximate surface area is 167 Å². The van der Waals surface area contributed by atoms with Gasteiger partial charge in [-0.15, -0.1) is 0 Å². The third kappa shape index (κ3) is 4.13. The molecule has 0 spiro atoms. The van der Waals surface area contributed by atoms with Crippen LogP contribution in [0.3, 0.4) is 0 Å². The number of fused-ring (bicyclic) bond motifs is 1. The van der Waals surface area contributed by atoms with Gasteiger partial charge in [-0.25, -0.2) is 4.98 Å². The van der Waals surface area contributed by atoms with Crippen LogP contribution in [0.2, 0.25) is 0 Å². The van der Waals surface area contributed by atoms with Crippen molar-refractivity contribution in [1.29, 1.82) is 0 Å². The first-order valence-corrected chi connectivity index (χ1v) is 10.6. The molecule has 4 rings (SSSR count). The Morgan fingerprint density at radius 2 is 1.79 bits per heavy atom. The maximum atomic E-state index is 10.8. The van der Waals surface area contributed by atoms with Crippen molar-refractivity contribution < 1.29 is 9.84 Å². The first-order chi connectivity index (χ1) is 13.8. The molecule has 0 radical (unpaired) electrons. The SMILES string of the molecule is CCC(OCC(O)Cn1c(C2CCCC2)nc2ccccc21)c1ccccc1. The normalized spacial score (nSPS) is 17.2. The number of hydrogen-bond acceptors (Lipinski definition) is 3. The molecule has 0 bridgehead atoms. The zero-order valence-electron chi connectivity index (χ0n) is 16.6. The van der Waals surface area contributed by atoms with Crippen molar-refractivity contribution in [3.8, 4) is 0 Å². The summed E-state index contributed by atoms with van der Waals surface area (Å²) in [5.74, 6) is 1.64. The summed E-state index contributed by atoms with van der Waals surface area (Å²) in [5.41, 5.74) is 3.30. The van der Waals surface area contributed by atoms with Gasteiger partial charge in [0, 0.05) is 5.92 Å². The van der Waals surface area contributed by atoms with Crippen LogP contribution in [0, 0.1) is 0 Å². The van der Waals surface area contributed by atoms with Gasteiger partial charge in [0.25, 0.3) is 0 Å². The summed E-state index contributed by atoms with van der Waals surface area (Å²) in [5, 5.41) is 10.8. The third-order valence-electron chi connectivity index (χ3n) is 5.83. The van der Waals surface area contributed by atoms with E-state index in [1.54, 1.807) is 0 Å². The Morgan fingerprint density at radius 3 is 2.54 bits per heavy atom. The van der Waals surface area contributed by atoms with Crippen LogP contribution in [-0.4, -0.2) is 27.4 Å². The molecule has 1 aromatic heterocycles. The van der Waals surface area contributed by atoms with Crippen LogP contribution < -0.4 is 0 Å². The molecule has 0 amide bonds. The van der Waals surface area contributed by atoms with Gasteiger partial charge in [-0.2, -0.15) is 0 Å². The quantitative estimate of drug-likeness (QED) is 0.584. The fourth-order valence-electron chi connectivity index (χ4n) is 4.39. The van der Waals surface area contributed by atoms with Crippen LogP contribution >= 0.6 is 0 Å². The lowest BCUT2D eigenvalue weighted by atomic mass is 10.1. The third-order valence-corrected chi connectivity index (χ3v) is 5.83. The number of nitrogens with zero attached hydrogens (tertiary/aromatic N) is 2. The van der Waals surface area contributed by atoms with Crippen LogP contribution in [0.4, 0.5) is 0 Å². The summed E-state index contributed by atoms with van der Waals surface area (Å²) in [6, 6.07) is 18.5. The standard InChI is InChI=1S/C24H30N2O2/c1-2-23(18-10-4-3-5-11-18)28-17-20(27)16-26-22-15-9-8-14-21(22)25-24(26)19-12-6-7-13-19/h3-5,8-11,14-15,19-20,23,27H,2,6-7,12-13,16-17H2,1H3. The van der Waals surface area contributed by atoms with Crippen LogP contribution in [0.1, 0.15) is 62.4 Å². The number of aliphatic hydroxyl groups is 1. The molecule has 1 N–H and O–H groups in total. The van der Waals surface area contributed by atoms with Crippen molar-refractivity contribution in [2.24, 2.45) is 0 Å². The minimum Gasteiger partial charge on any atom is -0.389 e. The van der Waals surface area contributed by atoms with E-state index in [4.69, 9.17) is 9.72 Å². The van der Waals surface area contributed by atoms with Gasteiger partial charge in [0.05, 0.1) is 36.4 Å². The Morgan fingerprint density at radius 1 is 1.07 bits per heavy atom. The summed E-state index contributed by atoms with van der Waals surface area (Å²) < 4.78 is 8.31. The monoisotopic (exact) mass is 378 g/mol. The van der Waals surface area contributed by atoms with E-state index >= 15 is 0 Å². The van der Waals surface area contributed by atoms with Gasteiger partial charge in [-0.05, 0) is 37.0 Å². The highest BCUT2D eigenvalue weighted by Crippen LogP contribution is 2.35. The first-order valence-electron chi connectivity index (χ1n) is 10.6. The van der Waals surface area contributed by atoms with Gasteiger partial charge in [0.1, 0.15) is 5.82 Å². The van der Waals surface area contributed by atoms with Gasteiger partial charge >= 0.3 is 0 Å². The number of ether oxygens (including phenoxy) is 1. The topological polar surface area (TPSA) is 47.3 Å². The van der Waals surface area contributed by atoms with Crippen molar-refractivity contribution in [2.45, 2.75) is 63.7 Å².